The average Bonchev–Trinajstić information content (AvgIpc) is 2.30. The smallest absolute Gasteiger partial charge is 0.387 e. The number of benzene rings is 1. The maximum absolute atomic E-state index is 12.2. The molecule has 0 saturated carbocycles. The fourth-order valence-corrected chi connectivity index (χ4v) is 1.76. The molecule has 0 bridgehead atoms. The van der Waals surface area contributed by atoms with Gasteiger partial charge in [-0.1, -0.05) is 36.4 Å². The first-order valence-electron chi connectivity index (χ1n) is 5.17. The van der Waals surface area contributed by atoms with Gasteiger partial charge in [0.25, 0.3) is 0 Å². The number of para-hydroxylation sites is 1. The molecule has 1 aliphatic rings. The SMILES string of the molecule is FC(F)Oc1ccccc1C1=CC=CCC1. The summed E-state index contributed by atoms with van der Waals surface area (Å²) in [6, 6.07) is 6.90. The van der Waals surface area contributed by atoms with E-state index in [1.54, 1.807) is 12.1 Å². The summed E-state index contributed by atoms with van der Waals surface area (Å²) in [5.74, 6) is 0.249. The van der Waals surface area contributed by atoms with Gasteiger partial charge < -0.3 is 4.74 Å². The Kier molecular flexibility index (Phi) is 3.34. The van der Waals surface area contributed by atoms with Gasteiger partial charge in [0.2, 0.25) is 0 Å². The van der Waals surface area contributed by atoms with Gasteiger partial charge in [0.15, 0.2) is 0 Å². The highest BCUT2D eigenvalue weighted by Crippen LogP contribution is 2.31. The second kappa shape index (κ2) is 4.92. The number of alkyl halides is 2. The summed E-state index contributed by atoms with van der Waals surface area (Å²) in [7, 11) is 0. The summed E-state index contributed by atoms with van der Waals surface area (Å²) in [6.07, 6.45) is 7.74. The van der Waals surface area contributed by atoms with Gasteiger partial charge in [0.05, 0.1) is 0 Å². The van der Waals surface area contributed by atoms with E-state index < -0.39 is 6.61 Å². The lowest BCUT2D eigenvalue weighted by atomic mass is 9.97. The van der Waals surface area contributed by atoms with Crippen molar-refractivity contribution in [3.8, 4) is 5.75 Å². The monoisotopic (exact) mass is 222 g/mol. The van der Waals surface area contributed by atoms with Crippen molar-refractivity contribution in [1.29, 1.82) is 0 Å². The van der Waals surface area contributed by atoms with E-state index in [1.165, 1.54) is 0 Å². The van der Waals surface area contributed by atoms with Crippen molar-refractivity contribution in [2.45, 2.75) is 19.5 Å². The van der Waals surface area contributed by atoms with Crippen LogP contribution in [0.4, 0.5) is 8.78 Å². The average molecular weight is 222 g/mol. The Morgan fingerprint density at radius 2 is 2.00 bits per heavy atom. The molecule has 0 saturated heterocycles. The number of ether oxygens (including phenoxy) is 1. The molecule has 1 aromatic rings. The summed E-state index contributed by atoms with van der Waals surface area (Å²) in [4.78, 5) is 0. The van der Waals surface area contributed by atoms with Gasteiger partial charge in [-0.2, -0.15) is 8.78 Å². The van der Waals surface area contributed by atoms with Crippen LogP contribution >= 0.6 is 0 Å². The molecule has 0 amide bonds. The van der Waals surface area contributed by atoms with Crippen molar-refractivity contribution in [2.24, 2.45) is 0 Å². The van der Waals surface area contributed by atoms with E-state index >= 15 is 0 Å². The molecule has 0 aliphatic heterocycles. The van der Waals surface area contributed by atoms with Crippen LogP contribution < -0.4 is 4.74 Å². The van der Waals surface area contributed by atoms with E-state index in [-0.39, 0.29) is 5.75 Å². The second-order valence-corrected chi connectivity index (χ2v) is 3.53. The highest BCUT2D eigenvalue weighted by atomic mass is 19.3. The number of hydrogen-bond acceptors (Lipinski definition) is 1. The van der Waals surface area contributed by atoms with Crippen molar-refractivity contribution in [1.82, 2.24) is 0 Å². The maximum Gasteiger partial charge on any atom is 0.387 e. The summed E-state index contributed by atoms with van der Waals surface area (Å²) in [5.41, 5.74) is 1.80. The van der Waals surface area contributed by atoms with Crippen molar-refractivity contribution in [2.75, 3.05) is 0 Å². The van der Waals surface area contributed by atoms with Gasteiger partial charge in [0.1, 0.15) is 5.75 Å². The molecule has 0 unspecified atom stereocenters. The topological polar surface area (TPSA) is 9.23 Å². The molecule has 2 rings (SSSR count). The maximum atomic E-state index is 12.2. The van der Waals surface area contributed by atoms with E-state index in [0.717, 1.165) is 24.0 Å². The van der Waals surface area contributed by atoms with Crippen LogP contribution in [0.2, 0.25) is 0 Å². The van der Waals surface area contributed by atoms with Gasteiger partial charge in [0, 0.05) is 5.56 Å². The first-order chi connectivity index (χ1) is 7.77. The van der Waals surface area contributed by atoms with Gasteiger partial charge in [-0.25, -0.2) is 0 Å². The molecule has 0 atom stereocenters. The predicted molar refractivity (Wildman–Crippen MR) is 59.4 cm³/mol. The van der Waals surface area contributed by atoms with Gasteiger partial charge in [-0.15, -0.1) is 0 Å². The molecule has 3 heteroatoms. The highest BCUT2D eigenvalue weighted by Gasteiger charge is 2.12. The lowest BCUT2D eigenvalue weighted by molar-refractivity contribution is -0.0500. The Labute approximate surface area is 93.0 Å². The minimum atomic E-state index is -2.78. The molecule has 1 nitrogen and oxygen atoms in total. The summed E-state index contributed by atoms with van der Waals surface area (Å²) < 4.78 is 28.9. The molecule has 0 spiro atoms. The van der Waals surface area contributed by atoms with E-state index in [2.05, 4.69) is 10.8 Å². The third kappa shape index (κ3) is 2.48. The van der Waals surface area contributed by atoms with Crippen LogP contribution in [0.15, 0.2) is 42.5 Å². The molecule has 16 heavy (non-hydrogen) atoms. The van der Waals surface area contributed by atoms with Crippen LogP contribution in [0, 0.1) is 0 Å². The fourth-order valence-electron chi connectivity index (χ4n) is 1.76. The van der Waals surface area contributed by atoms with E-state index in [4.69, 9.17) is 0 Å². The fraction of sp³-hybridized carbons (Fsp3) is 0.231. The normalized spacial score (nSPS) is 15.1. The molecule has 0 N–H and O–H groups in total. The first kappa shape index (κ1) is 10.9. The minimum Gasteiger partial charge on any atom is -0.434 e. The quantitative estimate of drug-likeness (QED) is 0.750. The van der Waals surface area contributed by atoms with E-state index in [0.29, 0.717) is 0 Å². The lowest BCUT2D eigenvalue weighted by Gasteiger charge is -2.14. The van der Waals surface area contributed by atoms with Crippen molar-refractivity contribution >= 4 is 5.57 Å². The Bertz CT molecular complexity index is 422. The molecule has 0 aromatic heterocycles. The number of rotatable bonds is 3. The van der Waals surface area contributed by atoms with Crippen LogP contribution in [0.3, 0.4) is 0 Å². The summed E-state index contributed by atoms with van der Waals surface area (Å²) in [5, 5.41) is 0. The largest absolute Gasteiger partial charge is 0.434 e. The minimum absolute atomic E-state index is 0.249. The highest BCUT2D eigenvalue weighted by molar-refractivity contribution is 5.72. The third-order valence-corrected chi connectivity index (χ3v) is 2.46. The van der Waals surface area contributed by atoms with Crippen molar-refractivity contribution in [3.63, 3.8) is 0 Å². The first-order valence-corrected chi connectivity index (χ1v) is 5.17. The zero-order valence-corrected chi connectivity index (χ0v) is 8.70. The van der Waals surface area contributed by atoms with Crippen LogP contribution in [0.25, 0.3) is 5.57 Å². The molecule has 0 fully saturated rings. The van der Waals surface area contributed by atoms with Crippen molar-refractivity contribution < 1.29 is 13.5 Å². The Hall–Kier alpha value is -1.64. The molecule has 84 valence electrons. The predicted octanol–water partition coefficient (Wildman–Crippen LogP) is 4.02. The molecule has 0 heterocycles. The van der Waals surface area contributed by atoms with Gasteiger partial charge in [-0.05, 0) is 24.5 Å². The van der Waals surface area contributed by atoms with Gasteiger partial charge >= 0.3 is 6.61 Å². The number of hydrogen-bond donors (Lipinski definition) is 0. The van der Waals surface area contributed by atoms with Gasteiger partial charge in [-0.3, -0.25) is 0 Å². The molecule has 1 aromatic carbocycles. The van der Waals surface area contributed by atoms with Crippen LogP contribution in [0.1, 0.15) is 18.4 Å². The molecular weight excluding hydrogens is 210 g/mol. The van der Waals surface area contributed by atoms with Crippen LogP contribution in [-0.4, -0.2) is 6.61 Å². The van der Waals surface area contributed by atoms with E-state index in [1.807, 2.05) is 24.3 Å². The zero-order chi connectivity index (χ0) is 11.4. The molecule has 0 radical (unpaired) electrons. The van der Waals surface area contributed by atoms with Crippen LogP contribution in [0.5, 0.6) is 5.75 Å². The lowest BCUT2D eigenvalue weighted by Crippen LogP contribution is -2.04. The zero-order valence-electron chi connectivity index (χ0n) is 8.70. The Morgan fingerprint density at radius 1 is 1.19 bits per heavy atom. The van der Waals surface area contributed by atoms with Crippen LogP contribution in [-0.2, 0) is 0 Å². The number of allylic oxidation sites excluding steroid dienone is 4. The summed E-state index contributed by atoms with van der Waals surface area (Å²) in [6.45, 7) is -2.78. The Morgan fingerprint density at radius 3 is 2.69 bits per heavy atom. The molecular formula is C13H12F2O. The third-order valence-electron chi connectivity index (χ3n) is 2.46. The van der Waals surface area contributed by atoms with Crippen molar-refractivity contribution in [3.05, 3.63) is 48.1 Å². The second-order valence-electron chi connectivity index (χ2n) is 3.53. The van der Waals surface area contributed by atoms with E-state index in [9.17, 15) is 8.78 Å². The summed E-state index contributed by atoms with van der Waals surface area (Å²) >= 11 is 0. The Balaban J connectivity index is 2.32. The molecule has 1 aliphatic carbocycles. The standard InChI is InChI=1S/C13H12F2O/c14-13(15)16-12-9-5-4-8-11(12)10-6-2-1-3-7-10/h1-2,4-6,8-9,13H,3,7H2. The number of halogens is 2.